The molecule has 0 unspecified atom stereocenters. The van der Waals surface area contributed by atoms with Crippen molar-refractivity contribution in [3.05, 3.63) is 92.9 Å². The number of fused-ring (bicyclic) bond motifs is 1. The van der Waals surface area contributed by atoms with Crippen LogP contribution in [0.5, 0.6) is 5.75 Å². The van der Waals surface area contributed by atoms with Crippen molar-refractivity contribution >= 4 is 44.1 Å². The average Bonchev–Trinajstić information content (AvgIpc) is 2.86. The molecule has 4 rings (SSSR count). The molecule has 2 aromatic carbocycles. The second kappa shape index (κ2) is 9.59. The molecule has 12 heteroatoms. The van der Waals surface area contributed by atoms with Gasteiger partial charge in [0.2, 0.25) is 5.91 Å². The topological polar surface area (TPSA) is 112 Å². The highest BCUT2D eigenvalue weighted by molar-refractivity contribution is 7.90. The van der Waals surface area contributed by atoms with Crippen LogP contribution in [0.25, 0.3) is 10.9 Å². The molecule has 0 bridgehead atoms. The Kier molecular flexibility index (Phi) is 6.70. The van der Waals surface area contributed by atoms with E-state index in [1.54, 1.807) is 29.1 Å². The van der Waals surface area contributed by atoms with E-state index >= 15 is 0 Å². The van der Waals surface area contributed by atoms with Gasteiger partial charge in [-0.25, -0.2) is 22.8 Å². The van der Waals surface area contributed by atoms with Gasteiger partial charge in [-0.05, 0) is 55.5 Å². The number of amides is 1. The molecule has 0 fully saturated rings. The molecule has 186 valence electrons. The first-order chi connectivity index (χ1) is 17.1. The minimum absolute atomic E-state index is 0.0271. The Morgan fingerprint density at radius 3 is 2.42 bits per heavy atom. The lowest BCUT2D eigenvalue weighted by Gasteiger charge is -2.24. The summed E-state index contributed by atoms with van der Waals surface area (Å²) in [5.74, 6) is -0.206. The first kappa shape index (κ1) is 25.1. The van der Waals surface area contributed by atoms with Crippen LogP contribution in [0.2, 0.25) is 5.02 Å². The smallest absolute Gasteiger partial charge is 0.365 e. The van der Waals surface area contributed by atoms with Crippen molar-refractivity contribution in [3.63, 3.8) is 0 Å². The summed E-state index contributed by atoms with van der Waals surface area (Å²) in [6, 6.07) is 12.5. The number of carbonyl (C=O) groups excluding carboxylic acids is 1. The van der Waals surface area contributed by atoms with Crippen molar-refractivity contribution in [3.8, 4) is 5.75 Å². The van der Waals surface area contributed by atoms with E-state index < -0.39 is 27.2 Å². The highest BCUT2D eigenvalue weighted by Crippen LogP contribution is 2.22. The first-order valence-corrected chi connectivity index (χ1v) is 12.6. The molecule has 0 saturated carbocycles. The number of aromatic nitrogens is 3. The highest BCUT2D eigenvalue weighted by Gasteiger charge is 2.29. The number of anilines is 1. The van der Waals surface area contributed by atoms with Crippen molar-refractivity contribution in [1.82, 2.24) is 8.65 Å². The van der Waals surface area contributed by atoms with Gasteiger partial charge in [0.15, 0.2) is 12.4 Å². The lowest BCUT2D eigenvalue weighted by Crippen LogP contribution is -2.51. The number of methoxy groups -OCH3 is 1. The summed E-state index contributed by atoms with van der Waals surface area (Å²) in [5.41, 5.74) is -2.07. The maximum absolute atomic E-state index is 13.8. The second-order valence-corrected chi connectivity index (χ2v) is 9.95. The van der Waals surface area contributed by atoms with E-state index in [-0.39, 0.29) is 30.5 Å². The molecule has 1 amide bonds. The Morgan fingerprint density at radius 1 is 1.11 bits per heavy atom. The summed E-state index contributed by atoms with van der Waals surface area (Å²) in [7, 11) is -3.24. The predicted molar refractivity (Wildman–Crippen MR) is 134 cm³/mol. The summed E-state index contributed by atoms with van der Waals surface area (Å²) >= 11 is 6.17. The third kappa shape index (κ3) is 4.27. The largest absolute Gasteiger partial charge is 0.497 e. The van der Waals surface area contributed by atoms with Gasteiger partial charge in [0.1, 0.15) is 18.0 Å². The Labute approximate surface area is 211 Å². The molecule has 0 aliphatic rings. The molecule has 10 nitrogen and oxygen atoms in total. The van der Waals surface area contributed by atoms with Crippen LogP contribution in [0.1, 0.15) is 13.8 Å². The van der Waals surface area contributed by atoms with Gasteiger partial charge in [-0.3, -0.25) is 9.59 Å². The molecule has 0 aliphatic carbocycles. The van der Waals surface area contributed by atoms with Gasteiger partial charge in [-0.1, -0.05) is 11.6 Å². The van der Waals surface area contributed by atoms with Gasteiger partial charge < -0.3 is 4.74 Å². The number of carbonyl (C=O) groups is 1. The number of halogens is 1. The van der Waals surface area contributed by atoms with Crippen molar-refractivity contribution in [2.24, 2.45) is 0 Å². The number of benzene rings is 2. The van der Waals surface area contributed by atoms with Gasteiger partial charge in [-0.2, -0.15) is 4.68 Å². The molecule has 0 saturated heterocycles. The van der Waals surface area contributed by atoms with Crippen LogP contribution < -0.4 is 25.6 Å². The standard InChI is InChI=1S/C24H22ClN4O6S/c1-4-26-13-5-6-18(15-26)27(16(2)30)28-22-14-17(25)7-12-21(22)23(31)29(24(28)32)36(33,34)20-10-8-19(35-3)9-11-20/h5-15H,4H2,1-3H3/q+1. The second-order valence-electron chi connectivity index (χ2n) is 7.73. The Balaban J connectivity index is 2.12. The molecule has 2 heterocycles. The SMILES string of the molecule is CC[n+]1cccc(N(C(C)=O)n2c(=O)n(S(=O)(=O)c3ccc(OC)cc3)c(=O)c3ccc(Cl)cc32)c1. The lowest BCUT2D eigenvalue weighted by molar-refractivity contribution is -0.693. The number of pyridine rings is 1. The van der Waals surface area contributed by atoms with Crippen LogP contribution in [0.3, 0.4) is 0 Å². The van der Waals surface area contributed by atoms with Gasteiger partial charge in [-0.15, -0.1) is 3.97 Å². The fraction of sp³-hybridized carbons (Fsp3) is 0.167. The van der Waals surface area contributed by atoms with E-state index in [9.17, 15) is 22.8 Å². The van der Waals surface area contributed by atoms with Gasteiger partial charge >= 0.3 is 5.69 Å². The van der Waals surface area contributed by atoms with E-state index in [0.717, 1.165) is 9.69 Å². The summed E-state index contributed by atoms with van der Waals surface area (Å²) in [5, 5.41) is 1.07. The molecule has 36 heavy (non-hydrogen) atoms. The zero-order chi connectivity index (χ0) is 26.2. The number of ether oxygens (including phenoxy) is 1. The Bertz CT molecular complexity index is 1710. The molecule has 2 aromatic heterocycles. The monoisotopic (exact) mass is 529 g/mol. The average molecular weight is 530 g/mol. The normalized spacial score (nSPS) is 11.4. The molecule has 0 spiro atoms. The summed E-state index contributed by atoms with van der Waals surface area (Å²) in [6.07, 6.45) is 3.40. The number of aryl methyl sites for hydroxylation is 1. The zero-order valence-electron chi connectivity index (χ0n) is 19.6. The van der Waals surface area contributed by atoms with Crippen LogP contribution in [0, 0.1) is 0 Å². The van der Waals surface area contributed by atoms with Crippen molar-refractivity contribution < 1.29 is 22.5 Å². The molecule has 0 N–H and O–H groups in total. The number of hydrogen-bond acceptors (Lipinski definition) is 6. The maximum Gasteiger partial charge on any atom is 0.365 e. The summed E-state index contributed by atoms with van der Waals surface area (Å²) in [6.45, 7) is 3.69. The molecule has 0 atom stereocenters. The summed E-state index contributed by atoms with van der Waals surface area (Å²) in [4.78, 5) is 39.8. The van der Waals surface area contributed by atoms with E-state index in [1.807, 2.05) is 6.92 Å². The van der Waals surface area contributed by atoms with Crippen molar-refractivity contribution in [2.75, 3.05) is 12.1 Å². The van der Waals surface area contributed by atoms with Crippen molar-refractivity contribution in [2.45, 2.75) is 25.3 Å². The molecule has 0 aliphatic heterocycles. The van der Waals surface area contributed by atoms with E-state index in [2.05, 4.69) is 0 Å². The van der Waals surface area contributed by atoms with Crippen LogP contribution in [-0.4, -0.2) is 30.1 Å². The first-order valence-electron chi connectivity index (χ1n) is 10.8. The highest BCUT2D eigenvalue weighted by atomic mass is 35.5. The van der Waals surface area contributed by atoms with Crippen LogP contribution in [0.4, 0.5) is 5.69 Å². The Morgan fingerprint density at radius 2 is 1.81 bits per heavy atom. The van der Waals surface area contributed by atoms with Gasteiger partial charge in [0.25, 0.3) is 15.6 Å². The number of hydrogen-bond donors (Lipinski definition) is 0. The van der Waals surface area contributed by atoms with E-state index in [1.165, 1.54) is 56.5 Å². The fourth-order valence-corrected chi connectivity index (χ4v) is 5.23. The van der Waals surface area contributed by atoms with E-state index in [0.29, 0.717) is 12.3 Å². The van der Waals surface area contributed by atoms with Crippen LogP contribution >= 0.6 is 11.6 Å². The van der Waals surface area contributed by atoms with Crippen LogP contribution in [-0.2, 0) is 21.4 Å². The van der Waals surface area contributed by atoms with E-state index in [4.69, 9.17) is 16.3 Å². The minimum atomic E-state index is -4.66. The fourth-order valence-electron chi connectivity index (χ4n) is 3.77. The summed E-state index contributed by atoms with van der Waals surface area (Å²) < 4.78 is 34.9. The third-order valence-electron chi connectivity index (χ3n) is 5.51. The molecular formula is C24H22ClN4O6S+. The lowest BCUT2D eigenvalue weighted by atomic mass is 10.2. The molecule has 4 aromatic rings. The molecular weight excluding hydrogens is 508 g/mol. The maximum atomic E-state index is 13.8. The third-order valence-corrected chi connectivity index (χ3v) is 7.41. The van der Waals surface area contributed by atoms with Crippen molar-refractivity contribution in [1.29, 1.82) is 0 Å². The number of nitrogens with zero attached hydrogens (tertiary/aromatic N) is 4. The van der Waals surface area contributed by atoms with Gasteiger partial charge in [0, 0.05) is 18.0 Å². The van der Waals surface area contributed by atoms with Gasteiger partial charge in [0.05, 0.1) is 22.9 Å². The number of rotatable bonds is 6. The predicted octanol–water partition coefficient (Wildman–Crippen LogP) is 2.19. The molecule has 0 radical (unpaired) electrons. The zero-order valence-corrected chi connectivity index (χ0v) is 21.2. The quantitative estimate of drug-likeness (QED) is 0.354. The Hall–Kier alpha value is -3.96. The van der Waals surface area contributed by atoms with Crippen LogP contribution in [0.15, 0.2) is 81.5 Å². The minimum Gasteiger partial charge on any atom is -0.497 e.